The van der Waals surface area contributed by atoms with Crippen LogP contribution in [-0.2, 0) is 23.9 Å². The number of nitrogens with zero attached hydrogens (tertiary/aromatic N) is 2. The van der Waals surface area contributed by atoms with Gasteiger partial charge in [0.05, 0.1) is 44.3 Å². The number of carbonyl (C=O) groups excluding carboxylic acids is 3. The Balaban J connectivity index is 1.60. The van der Waals surface area contributed by atoms with Crippen molar-refractivity contribution in [1.82, 2.24) is 4.90 Å². The second-order valence-corrected chi connectivity index (χ2v) is 12.2. The molecule has 10 heteroatoms. The number of unbranched alkanes of at least 4 members (excludes halogenated alkanes) is 1. The number of carbonyl (C=O) groups is 3. The molecular formula is C33H37BrN2O7. The van der Waals surface area contributed by atoms with Crippen LogP contribution in [0.4, 0.5) is 5.69 Å². The number of fused-ring (bicyclic) bond motifs is 1. The van der Waals surface area contributed by atoms with E-state index in [-0.39, 0.29) is 18.0 Å². The van der Waals surface area contributed by atoms with E-state index in [1.807, 2.05) is 30.3 Å². The highest BCUT2D eigenvalue weighted by Crippen LogP contribution is 2.61. The number of anilines is 1. The fourth-order valence-corrected chi connectivity index (χ4v) is 7.78. The average Bonchev–Trinajstić information content (AvgIpc) is 3.62. The van der Waals surface area contributed by atoms with Crippen molar-refractivity contribution in [2.24, 2.45) is 11.8 Å². The van der Waals surface area contributed by atoms with E-state index in [9.17, 15) is 19.5 Å². The van der Waals surface area contributed by atoms with Gasteiger partial charge in [0.25, 0.3) is 5.91 Å². The Morgan fingerprint density at radius 3 is 2.53 bits per heavy atom. The first-order valence-corrected chi connectivity index (χ1v) is 15.4. The summed E-state index contributed by atoms with van der Waals surface area (Å²) in [6.45, 7) is 7.49. The predicted octanol–water partition coefficient (Wildman–Crippen LogP) is 4.21. The van der Waals surface area contributed by atoms with Gasteiger partial charge in [-0.05, 0) is 49.1 Å². The van der Waals surface area contributed by atoms with Gasteiger partial charge in [0.2, 0.25) is 5.91 Å². The van der Waals surface area contributed by atoms with E-state index in [2.05, 4.69) is 29.1 Å². The van der Waals surface area contributed by atoms with Crippen molar-refractivity contribution in [3.63, 3.8) is 0 Å². The van der Waals surface area contributed by atoms with Gasteiger partial charge >= 0.3 is 5.97 Å². The van der Waals surface area contributed by atoms with Crippen LogP contribution in [0.1, 0.15) is 30.9 Å². The highest BCUT2D eigenvalue weighted by molar-refractivity contribution is 9.09. The van der Waals surface area contributed by atoms with Gasteiger partial charge in [0.15, 0.2) is 0 Å². The Morgan fingerprint density at radius 1 is 1.19 bits per heavy atom. The van der Waals surface area contributed by atoms with Crippen LogP contribution in [0.5, 0.6) is 5.75 Å². The number of aliphatic hydroxyl groups is 1. The van der Waals surface area contributed by atoms with Crippen molar-refractivity contribution in [3.05, 3.63) is 85.5 Å². The molecule has 0 saturated carbocycles. The van der Waals surface area contributed by atoms with Crippen molar-refractivity contribution in [3.8, 4) is 5.75 Å². The fraction of sp³-hybridized carbons (Fsp3) is 0.424. The maximum atomic E-state index is 14.8. The van der Waals surface area contributed by atoms with Crippen LogP contribution in [0.3, 0.4) is 0 Å². The lowest BCUT2D eigenvalue weighted by Gasteiger charge is -2.39. The van der Waals surface area contributed by atoms with Gasteiger partial charge in [-0.1, -0.05) is 58.4 Å². The second kappa shape index (κ2) is 13.0. The summed E-state index contributed by atoms with van der Waals surface area (Å²) < 4.78 is 17.6. The number of likely N-dealkylation sites (tertiary alicyclic amines) is 1. The second-order valence-electron chi connectivity index (χ2n) is 11.1. The van der Waals surface area contributed by atoms with E-state index in [1.54, 1.807) is 48.4 Å². The predicted molar refractivity (Wildman–Crippen MR) is 165 cm³/mol. The van der Waals surface area contributed by atoms with Gasteiger partial charge in [-0.25, -0.2) is 0 Å². The molecule has 1 N–H and O–H groups in total. The molecule has 0 aromatic heterocycles. The van der Waals surface area contributed by atoms with Crippen molar-refractivity contribution in [1.29, 1.82) is 0 Å². The van der Waals surface area contributed by atoms with Crippen molar-refractivity contribution in [2.75, 3.05) is 31.8 Å². The Morgan fingerprint density at radius 2 is 1.91 bits per heavy atom. The van der Waals surface area contributed by atoms with Gasteiger partial charge in [0, 0.05) is 17.1 Å². The minimum atomic E-state index is -1.31. The zero-order valence-corrected chi connectivity index (χ0v) is 25.7. The molecule has 228 valence electrons. The summed E-state index contributed by atoms with van der Waals surface area (Å²) in [6.07, 6.45) is 4.36. The average molecular weight is 654 g/mol. The number of esters is 1. The number of ether oxygens (including phenoxy) is 3. The van der Waals surface area contributed by atoms with Crippen molar-refractivity contribution < 1.29 is 33.7 Å². The standard InChI is InChI=1S/C33H37BrN2O7/c1-4-6-10-18-42-32(40)26-27-30(38)36(25(20-37)21-11-8-7-9-12-21)29(33(27)19-24(34)28(26)43-33)31(39)35(17-5-2)22-13-15-23(41-3)16-14-22/h4-5,7-9,11-16,24-29,37H,1-2,6,10,17-20H2,3H3/t24?,25-,26+,27+,28+,29?,33?/m1/s1. The monoisotopic (exact) mass is 652 g/mol. The molecule has 0 radical (unpaired) electrons. The van der Waals surface area contributed by atoms with E-state index in [0.29, 0.717) is 36.3 Å². The van der Waals surface area contributed by atoms with Crippen LogP contribution in [0.25, 0.3) is 0 Å². The lowest BCUT2D eigenvalue weighted by Crippen LogP contribution is -2.57. The van der Waals surface area contributed by atoms with Crippen LogP contribution < -0.4 is 9.64 Å². The number of rotatable bonds is 13. The molecule has 7 atom stereocenters. The van der Waals surface area contributed by atoms with Gasteiger partial charge in [-0.3, -0.25) is 14.4 Å². The van der Waals surface area contributed by atoms with Gasteiger partial charge in [-0.15, -0.1) is 13.2 Å². The zero-order valence-electron chi connectivity index (χ0n) is 24.1. The van der Waals surface area contributed by atoms with Crippen LogP contribution in [-0.4, -0.2) is 77.2 Å². The topological polar surface area (TPSA) is 106 Å². The third kappa shape index (κ3) is 5.41. The molecule has 5 rings (SSSR count). The summed E-state index contributed by atoms with van der Waals surface area (Å²) in [6, 6.07) is 14.1. The zero-order chi connectivity index (χ0) is 30.7. The van der Waals surface area contributed by atoms with E-state index in [1.165, 1.54) is 4.90 Å². The molecule has 2 bridgehead atoms. The number of amides is 2. The minimum Gasteiger partial charge on any atom is -0.497 e. The number of benzene rings is 2. The molecule has 9 nitrogen and oxygen atoms in total. The van der Waals surface area contributed by atoms with E-state index < -0.39 is 60.0 Å². The first-order chi connectivity index (χ1) is 20.8. The fourth-order valence-electron chi connectivity index (χ4n) is 6.84. The summed E-state index contributed by atoms with van der Waals surface area (Å²) in [4.78, 5) is 45.6. The smallest absolute Gasteiger partial charge is 0.312 e. The highest BCUT2D eigenvalue weighted by atomic mass is 79.9. The minimum absolute atomic E-state index is 0.162. The number of allylic oxidation sites excluding steroid dienone is 1. The Bertz CT molecular complexity index is 1350. The third-order valence-corrected chi connectivity index (χ3v) is 9.53. The number of alkyl halides is 1. The summed E-state index contributed by atoms with van der Waals surface area (Å²) in [7, 11) is 1.56. The number of methoxy groups -OCH3 is 1. The first-order valence-electron chi connectivity index (χ1n) is 14.5. The summed E-state index contributed by atoms with van der Waals surface area (Å²) >= 11 is 3.69. The molecule has 3 saturated heterocycles. The van der Waals surface area contributed by atoms with Crippen molar-refractivity contribution >= 4 is 39.4 Å². The molecule has 1 spiro atoms. The van der Waals surface area contributed by atoms with Gasteiger partial charge in [-0.2, -0.15) is 0 Å². The van der Waals surface area contributed by atoms with E-state index in [4.69, 9.17) is 14.2 Å². The van der Waals surface area contributed by atoms with Crippen LogP contribution in [0.2, 0.25) is 0 Å². The molecule has 0 aliphatic carbocycles. The number of aliphatic hydroxyl groups excluding tert-OH is 1. The summed E-state index contributed by atoms with van der Waals surface area (Å²) in [5.74, 6) is -2.56. The summed E-state index contributed by atoms with van der Waals surface area (Å²) in [5, 5.41) is 10.7. The molecule has 3 fully saturated rings. The quantitative estimate of drug-likeness (QED) is 0.150. The SMILES string of the molecule is C=CCCCOC(=O)[C@H]1[C@H]2C(=O)N([C@H](CO)c3ccccc3)C(C(=O)N(CC=C)c3ccc(OC)cc3)C23CC(Br)[C@@H]1O3. The van der Waals surface area contributed by atoms with Gasteiger partial charge in [0.1, 0.15) is 17.4 Å². The first kappa shape index (κ1) is 31.0. The molecule has 2 aromatic carbocycles. The normalized spacial score (nSPS) is 27.8. The van der Waals surface area contributed by atoms with Crippen LogP contribution in [0.15, 0.2) is 79.9 Å². The third-order valence-electron chi connectivity index (χ3n) is 8.68. The lowest BCUT2D eigenvalue weighted by atomic mass is 9.70. The highest BCUT2D eigenvalue weighted by Gasteiger charge is 2.77. The van der Waals surface area contributed by atoms with Crippen molar-refractivity contribution in [2.45, 2.75) is 47.9 Å². The number of halogens is 1. The number of hydrogen-bond donors (Lipinski definition) is 1. The Kier molecular flexibility index (Phi) is 9.39. The Labute approximate surface area is 260 Å². The van der Waals surface area contributed by atoms with Gasteiger partial charge < -0.3 is 29.1 Å². The molecule has 2 aromatic rings. The van der Waals surface area contributed by atoms with Crippen LogP contribution >= 0.6 is 15.9 Å². The molecule has 3 heterocycles. The molecule has 43 heavy (non-hydrogen) atoms. The molecule has 3 unspecified atom stereocenters. The summed E-state index contributed by atoms with van der Waals surface area (Å²) in [5.41, 5.74) is -0.0635. The molecule has 3 aliphatic rings. The molecule has 3 aliphatic heterocycles. The maximum absolute atomic E-state index is 14.8. The lowest BCUT2D eigenvalue weighted by molar-refractivity contribution is -0.155. The molecule has 2 amide bonds. The Hall–Kier alpha value is -3.47. The molecular weight excluding hydrogens is 616 g/mol. The largest absolute Gasteiger partial charge is 0.497 e. The number of hydrogen-bond acceptors (Lipinski definition) is 7. The van der Waals surface area contributed by atoms with E-state index in [0.717, 1.165) is 0 Å². The van der Waals surface area contributed by atoms with E-state index >= 15 is 0 Å². The van der Waals surface area contributed by atoms with Crippen LogP contribution in [0, 0.1) is 11.8 Å². The maximum Gasteiger partial charge on any atom is 0.312 e.